The predicted molar refractivity (Wildman–Crippen MR) is 87.2 cm³/mol. The number of hydrogen-bond acceptors (Lipinski definition) is 1. The molecule has 0 aromatic heterocycles. The summed E-state index contributed by atoms with van der Waals surface area (Å²) in [6.45, 7) is 5.18. The lowest BCUT2D eigenvalue weighted by molar-refractivity contribution is 0.291. The van der Waals surface area contributed by atoms with Crippen molar-refractivity contribution in [2.45, 2.75) is 24.1 Å². The Kier molecular flexibility index (Phi) is 3.55. The first-order valence-corrected chi connectivity index (χ1v) is 7.93. The van der Waals surface area contributed by atoms with Crippen LogP contribution >= 0.6 is 27.5 Å². The number of halogens is 2. The van der Waals surface area contributed by atoms with Gasteiger partial charge in [-0.25, -0.2) is 0 Å². The molecule has 0 saturated heterocycles. The van der Waals surface area contributed by atoms with Gasteiger partial charge in [0.1, 0.15) is 5.75 Å². The highest BCUT2D eigenvalue weighted by molar-refractivity contribution is 9.09. The second-order valence-corrected chi connectivity index (χ2v) is 7.19. The summed E-state index contributed by atoms with van der Waals surface area (Å²) in [4.78, 5) is 0.168. The molecule has 0 amide bonds. The largest absolute Gasteiger partial charge is 0.492 e. The Hall–Kier alpha value is -0.990. The lowest BCUT2D eigenvalue weighted by atomic mass is 9.85. The molecular weight excluding hydrogens is 336 g/mol. The molecule has 2 aromatic rings. The highest BCUT2D eigenvalue weighted by atomic mass is 79.9. The molecular formula is C17H16BrClO. The third-order valence-corrected chi connectivity index (χ3v) is 5.09. The van der Waals surface area contributed by atoms with Crippen LogP contribution in [0.1, 0.15) is 35.4 Å². The zero-order valence-corrected chi connectivity index (χ0v) is 13.8. The van der Waals surface area contributed by atoms with Crippen LogP contribution in [0.15, 0.2) is 42.5 Å². The minimum absolute atomic E-state index is 0.0814. The molecule has 0 radical (unpaired) electrons. The number of rotatable bonds is 2. The molecule has 1 aliphatic rings. The summed E-state index contributed by atoms with van der Waals surface area (Å²) in [5.41, 5.74) is 3.81. The van der Waals surface area contributed by atoms with Gasteiger partial charge in [0, 0.05) is 16.0 Å². The molecule has 0 fully saturated rings. The van der Waals surface area contributed by atoms with Crippen molar-refractivity contribution in [2.75, 3.05) is 6.61 Å². The van der Waals surface area contributed by atoms with Crippen molar-refractivity contribution in [1.29, 1.82) is 0 Å². The summed E-state index contributed by atoms with van der Waals surface area (Å²) in [5.74, 6) is 1.01. The molecule has 1 nitrogen and oxygen atoms in total. The minimum Gasteiger partial charge on any atom is -0.492 e. The molecule has 1 heterocycles. The van der Waals surface area contributed by atoms with E-state index < -0.39 is 0 Å². The van der Waals surface area contributed by atoms with Crippen LogP contribution in [0.2, 0.25) is 5.02 Å². The highest BCUT2D eigenvalue weighted by Gasteiger charge is 2.32. The van der Waals surface area contributed by atoms with Crippen LogP contribution in [0.25, 0.3) is 0 Å². The Morgan fingerprint density at radius 1 is 1.10 bits per heavy atom. The van der Waals surface area contributed by atoms with Gasteiger partial charge in [-0.1, -0.05) is 59.6 Å². The molecule has 0 N–H and O–H groups in total. The van der Waals surface area contributed by atoms with E-state index in [0.717, 1.165) is 17.4 Å². The van der Waals surface area contributed by atoms with Crippen LogP contribution in [-0.4, -0.2) is 6.61 Å². The maximum Gasteiger partial charge on any atom is 0.123 e. The lowest BCUT2D eigenvalue weighted by Crippen LogP contribution is -2.18. The highest BCUT2D eigenvalue weighted by Crippen LogP contribution is 2.41. The Morgan fingerprint density at radius 3 is 2.45 bits per heavy atom. The maximum atomic E-state index is 5.94. The molecule has 2 aromatic carbocycles. The van der Waals surface area contributed by atoms with E-state index in [4.69, 9.17) is 16.3 Å². The van der Waals surface area contributed by atoms with Crippen LogP contribution in [0.4, 0.5) is 0 Å². The predicted octanol–water partition coefficient (Wildman–Crippen LogP) is 5.49. The topological polar surface area (TPSA) is 9.23 Å². The van der Waals surface area contributed by atoms with Gasteiger partial charge < -0.3 is 4.74 Å². The van der Waals surface area contributed by atoms with Gasteiger partial charge in [-0.05, 0) is 35.4 Å². The van der Waals surface area contributed by atoms with Crippen LogP contribution in [0.5, 0.6) is 5.75 Å². The third-order valence-electron chi connectivity index (χ3n) is 3.78. The smallest absolute Gasteiger partial charge is 0.123 e. The van der Waals surface area contributed by atoms with Crippen LogP contribution in [-0.2, 0) is 5.41 Å². The zero-order chi connectivity index (χ0) is 14.3. The molecule has 1 aliphatic heterocycles. The second-order valence-electron chi connectivity index (χ2n) is 5.84. The average Bonchev–Trinajstić information content (AvgIpc) is 2.74. The van der Waals surface area contributed by atoms with Gasteiger partial charge in [-0.15, -0.1) is 0 Å². The van der Waals surface area contributed by atoms with E-state index in [-0.39, 0.29) is 10.2 Å². The van der Waals surface area contributed by atoms with Gasteiger partial charge in [0.15, 0.2) is 0 Å². The van der Waals surface area contributed by atoms with E-state index in [1.54, 1.807) is 0 Å². The average molecular weight is 352 g/mol. The Labute approximate surface area is 133 Å². The first-order valence-electron chi connectivity index (χ1n) is 6.64. The van der Waals surface area contributed by atoms with Crippen molar-refractivity contribution < 1.29 is 4.74 Å². The van der Waals surface area contributed by atoms with Gasteiger partial charge in [-0.3, -0.25) is 0 Å². The van der Waals surface area contributed by atoms with Crippen molar-refractivity contribution in [2.24, 2.45) is 0 Å². The first-order chi connectivity index (χ1) is 9.47. The summed E-state index contributed by atoms with van der Waals surface area (Å²) in [6.07, 6.45) is 0. The summed E-state index contributed by atoms with van der Waals surface area (Å²) >= 11 is 9.73. The molecule has 0 bridgehead atoms. The minimum atomic E-state index is 0.0814. The molecule has 0 spiro atoms. The number of alkyl halides is 1. The monoisotopic (exact) mass is 350 g/mol. The van der Waals surface area contributed by atoms with E-state index in [0.29, 0.717) is 0 Å². The Morgan fingerprint density at radius 2 is 1.75 bits per heavy atom. The maximum absolute atomic E-state index is 5.94. The fraction of sp³-hybridized carbons (Fsp3) is 0.294. The normalized spacial score (nSPS) is 17.4. The summed E-state index contributed by atoms with van der Waals surface area (Å²) < 4.78 is 5.74. The van der Waals surface area contributed by atoms with Gasteiger partial charge in [0.05, 0.1) is 11.4 Å². The molecule has 3 rings (SSSR count). The zero-order valence-electron chi connectivity index (χ0n) is 11.5. The van der Waals surface area contributed by atoms with Crippen molar-refractivity contribution >= 4 is 27.5 Å². The van der Waals surface area contributed by atoms with Crippen molar-refractivity contribution in [3.8, 4) is 5.75 Å². The molecule has 0 saturated carbocycles. The molecule has 3 heteroatoms. The number of fused-ring (bicyclic) bond motifs is 1. The second kappa shape index (κ2) is 5.09. The van der Waals surface area contributed by atoms with Crippen LogP contribution in [0.3, 0.4) is 0 Å². The van der Waals surface area contributed by atoms with E-state index in [9.17, 15) is 0 Å². The summed E-state index contributed by atoms with van der Waals surface area (Å²) in [6, 6.07) is 14.4. The lowest BCUT2D eigenvalue weighted by Gasteiger charge is -2.17. The number of ether oxygens (including phenoxy) is 1. The van der Waals surface area contributed by atoms with Gasteiger partial charge in [0.2, 0.25) is 0 Å². The quantitative estimate of drug-likeness (QED) is 0.650. The van der Waals surface area contributed by atoms with E-state index >= 15 is 0 Å². The van der Waals surface area contributed by atoms with Gasteiger partial charge >= 0.3 is 0 Å². The fourth-order valence-electron chi connectivity index (χ4n) is 2.52. The van der Waals surface area contributed by atoms with Crippen molar-refractivity contribution in [3.63, 3.8) is 0 Å². The number of hydrogen-bond donors (Lipinski definition) is 0. The SMILES string of the molecule is CC1(C)COc2ccc(C(Br)c3ccc(Cl)cc3)cc21. The Balaban J connectivity index is 1.97. The standard InChI is InChI=1S/C17H16BrClO/c1-17(2)10-20-15-8-5-12(9-14(15)17)16(18)11-3-6-13(19)7-4-11/h3-9,16H,10H2,1-2H3. The fourth-order valence-corrected chi connectivity index (χ4v) is 3.24. The molecule has 20 heavy (non-hydrogen) atoms. The molecule has 104 valence electrons. The summed E-state index contributed by atoms with van der Waals surface area (Å²) in [5, 5.41) is 0.761. The van der Waals surface area contributed by atoms with E-state index in [2.05, 4.69) is 60.1 Å². The number of benzene rings is 2. The Bertz CT molecular complexity index is 634. The van der Waals surface area contributed by atoms with E-state index in [1.165, 1.54) is 16.7 Å². The van der Waals surface area contributed by atoms with Gasteiger partial charge in [-0.2, -0.15) is 0 Å². The molecule has 0 aliphatic carbocycles. The third kappa shape index (κ3) is 2.47. The van der Waals surface area contributed by atoms with Crippen LogP contribution < -0.4 is 4.74 Å². The summed E-state index contributed by atoms with van der Waals surface area (Å²) in [7, 11) is 0. The molecule has 1 unspecified atom stereocenters. The van der Waals surface area contributed by atoms with Gasteiger partial charge in [0.25, 0.3) is 0 Å². The van der Waals surface area contributed by atoms with Crippen LogP contribution in [0, 0.1) is 0 Å². The molecule has 1 atom stereocenters. The van der Waals surface area contributed by atoms with Crippen molar-refractivity contribution in [3.05, 3.63) is 64.2 Å². The van der Waals surface area contributed by atoms with E-state index in [1.807, 2.05) is 12.1 Å². The first kappa shape index (κ1) is 14.0. The van der Waals surface area contributed by atoms with Crippen molar-refractivity contribution in [1.82, 2.24) is 0 Å².